The Labute approximate surface area is 214 Å². The van der Waals surface area contributed by atoms with Crippen LogP contribution in [0.15, 0.2) is 91.1 Å². The molecule has 1 aromatic heterocycles. The van der Waals surface area contributed by atoms with E-state index in [9.17, 15) is 14.7 Å². The number of carboxylic acid groups (broad SMARTS) is 1. The molecular formula is C29H24ClN3O3. The molecule has 1 fully saturated rings. The molecule has 3 aromatic carbocycles. The lowest BCUT2D eigenvalue weighted by Crippen LogP contribution is -2.20. The molecule has 0 unspecified atom stereocenters. The molecule has 1 aliphatic rings. The molecule has 6 nitrogen and oxygen atoms in total. The molecule has 0 spiro atoms. The average molecular weight is 498 g/mol. The quantitative estimate of drug-likeness (QED) is 0.243. The van der Waals surface area contributed by atoms with Gasteiger partial charge in [-0.15, -0.1) is 0 Å². The number of hydrogen-bond acceptors (Lipinski definition) is 5. The molecule has 7 heteroatoms. The summed E-state index contributed by atoms with van der Waals surface area (Å²) in [5, 5.41) is 13.4. The third-order valence-electron chi connectivity index (χ3n) is 6.07. The van der Waals surface area contributed by atoms with Crippen molar-refractivity contribution in [2.24, 2.45) is 5.92 Å². The second kappa shape index (κ2) is 10.2. The van der Waals surface area contributed by atoms with Gasteiger partial charge in [0.1, 0.15) is 5.69 Å². The Balaban J connectivity index is 1.42. The van der Waals surface area contributed by atoms with Gasteiger partial charge >= 0.3 is 5.97 Å². The van der Waals surface area contributed by atoms with Crippen molar-refractivity contribution >= 4 is 46.1 Å². The molecule has 0 amide bonds. The summed E-state index contributed by atoms with van der Waals surface area (Å²) < 4.78 is 0. The van der Waals surface area contributed by atoms with Gasteiger partial charge in [-0.05, 0) is 85.5 Å². The maximum atomic E-state index is 13.3. The number of carboxylic acids is 1. The minimum absolute atomic E-state index is 0.0225. The molecule has 0 saturated heterocycles. The van der Waals surface area contributed by atoms with Crippen molar-refractivity contribution in [3.8, 4) is 0 Å². The number of pyridine rings is 1. The summed E-state index contributed by atoms with van der Waals surface area (Å²) in [7, 11) is 0. The SMILES string of the molecule is O=C(O)c1cc(Nc2ccccc2)cc(C(=O)c2ccc(N(CC3CC3)c3ccc(Cl)cc3)cn2)c1. The first kappa shape index (κ1) is 23.6. The summed E-state index contributed by atoms with van der Waals surface area (Å²) in [4.78, 5) is 31.6. The standard InChI is InChI=1S/C29H24ClN3O3/c30-22-8-10-25(11-9-22)33(18-19-6-7-19)26-12-13-27(31-17-26)28(34)20-14-21(29(35)36)16-24(15-20)32-23-4-2-1-3-5-23/h1-5,8-17,19,32H,6-7,18H2,(H,35,36). The minimum atomic E-state index is -1.11. The number of nitrogens with zero attached hydrogens (tertiary/aromatic N) is 2. The largest absolute Gasteiger partial charge is 0.478 e. The van der Waals surface area contributed by atoms with Crippen LogP contribution >= 0.6 is 11.6 Å². The van der Waals surface area contributed by atoms with Gasteiger partial charge < -0.3 is 15.3 Å². The number of rotatable bonds is 9. The van der Waals surface area contributed by atoms with Crippen LogP contribution in [0.2, 0.25) is 5.02 Å². The highest BCUT2D eigenvalue weighted by atomic mass is 35.5. The van der Waals surface area contributed by atoms with E-state index in [4.69, 9.17) is 11.6 Å². The second-order valence-corrected chi connectivity index (χ2v) is 9.29. The van der Waals surface area contributed by atoms with E-state index in [1.165, 1.54) is 25.0 Å². The fourth-order valence-corrected chi connectivity index (χ4v) is 4.14. The van der Waals surface area contributed by atoms with Crippen molar-refractivity contribution in [1.29, 1.82) is 0 Å². The highest BCUT2D eigenvalue weighted by Crippen LogP contribution is 2.35. The number of ketones is 1. The predicted octanol–water partition coefficient (Wildman–Crippen LogP) is 6.96. The number of anilines is 4. The Morgan fingerprint density at radius 1 is 0.889 bits per heavy atom. The van der Waals surface area contributed by atoms with Gasteiger partial charge in [0.15, 0.2) is 0 Å². The summed E-state index contributed by atoms with van der Waals surface area (Å²) in [5.41, 5.74) is 3.72. The molecule has 180 valence electrons. The van der Waals surface area contributed by atoms with Crippen molar-refractivity contribution in [1.82, 2.24) is 4.98 Å². The summed E-state index contributed by atoms with van der Waals surface area (Å²) in [5.74, 6) is -0.819. The molecule has 36 heavy (non-hydrogen) atoms. The summed E-state index contributed by atoms with van der Waals surface area (Å²) in [6.45, 7) is 0.867. The lowest BCUT2D eigenvalue weighted by atomic mass is 10.0. The predicted molar refractivity (Wildman–Crippen MR) is 142 cm³/mol. The number of carbonyl (C=O) groups excluding carboxylic acids is 1. The number of aromatic nitrogens is 1. The lowest BCUT2D eigenvalue weighted by molar-refractivity contribution is 0.0697. The fourth-order valence-electron chi connectivity index (χ4n) is 4.01. The van der Waals surface area contributed by atoms with Gasteiger partial charge in [-0.2, -0.15) is 0 Å². The Morgan fingerprint density at radius 3 is 2.22 bits per heavy atom. The van der Waals surface area contributed by atoms with Gasteiger partial charge in [-0.3, -0.25) is 9.78 Å². The van der Waals surface area contributed by atoms with Gasteiger partial charge in [-0.25, -0.2) is 4.79 Å². The third kappa shape index (κ3) is 5.56. The molecule has 0 radical (unpaired) electrons. The monoisotopic (exact) mass is 497 g/mol. The van der Waals surface area contributed by atoms with Crippen LogP contribution in [0.4, 0.5) is 22.7 Å². The lowest BCUT2D eigenvalue weighted by Gasteiger charge is -2.25. The van der Waals surface area contributed by atoms with E-state index in [1.807, 2.05) is 60.7 Å². The van der Waals surface area contributed by atoms with E-state index in [0.29, 0.717) is 16.6 Å². The number of hydrogen-bond donors (Lipinski definition) is 2. The number of nitrogens with one attached hydrogen (secondary N) is 1. The van der Waals surface area contributed by atoms with E-state index in [-0.39, 0.29) is 22.6 Å². The van der Waals surface area contributed by atoms with Crippen molar-refractivity contribution in [3.05, 3.63) is 113 Å². The first-order valence-electron chi connectivity index (χ1n) is 11.7. The van der Waals surface area contributed by atoms with Crippen LogP contribution in [0.25, 0.3) is 0 Å². The zero-order valence-electron chi connectivity index (χ0n) is 19.4. The van der Waals surface area contributed by atoms with E-state index in [2.05, 4.69) is 15.2 Å². The second-order valence-electron chi connectivity index (χ2n) is 8.86. The molecule has 0 aliphatic heterocycles. The highest BCUT2D eigenvalue weighted by molar-refractivity contribution is 6.30. The Hall–Kier alpha value is -4.16. The van der Waals surface area contributed by atoms with E-state index >= 15 is 0 Å². The molecule has 5 rings (SSSR count). The average Bonchev–Trinajstić information content (AvgIpc) is 3.72. The highest BCUT2D eigenvalue weighted by Gasteiger charge is 2.26. The molecule has 0 bridgehead atoms. The summed E-state index contributed by atoms with van der Waals surface area (Å²) in [6.07, 6.45) is 4.09. The maximum absolute atomic E-state index is 13.3. The van der Waals surface area contributed by atoms with Crippen LogP contribution in [0.3, 0.4) is 0 Å². The molecule has 0 atom stereocenters. The maximum Gasteiger partial charge on any atom is 0.335 e. The van der Waals surface area contributed by atoms with Gasteiger partial charge in [0.25, 0.3) is 0 Å². The van der Waals surface area contributed by atoms with Crippen molar-refractivity contribution < 1.29 is 14.7 Å². The molecule has 1 heterocycles. The van der Waals surface area contributed by atoms with Crippen LogP contribution in [0.1, 0.15) is 39.3 Å². The topological polar surface area (TPSA) is 82.5 Å². The van der Waals surface area contributed by atoms with Crippen molar-refractivity contribution in [2.45, 2.75) is 12.8 Å². The van der Waals surface area contributed by atoms with Crippen LogP contribution in [-0.4, -0.2) is 28.4 Å². The van der Waals surface area contributed by atoms with Crippen LogP contribution in [0, 0.1) is 5.92 Å². The Kier molecular flexibility index (Phi) is 6.69. The van der Waals surface area contributed by atoms with Gasteiger partial charge in [0.05, 0.1) is 17.4 Å². The van der Waals surface area contributed by atoms with Crippen LogP contribution in [-0.2, 0) is 0 Å². The number of para-hydroxylation sites is 1. The van der Waals surface area contributed by atoms with E-state index in [1.54, 1.807) is 18.3 Å². The number of benzene rings is 3. The van der Waals surface area contributed by atoms with Crippen LogP contribution in [0.5, 0.6) is 0 Å². The molecular weight excluding hydrogens is 474 g/mol. The number of halogens is 1. The first-order chi connectivity index (χ1) is 17.5. The fraction of sp³-hybridized carbons (Fsp3) is 0.138. The molecule has 1 saturated carbocycles. The van der Waals surface area contributed by atoms with E-state index in [0.717, 1.165) is 23.6 Å². The van der Waals surface area contributed by atoms with Gasteiger partial charge in [0.2, 0.25) is 5.78 Å². The van der Waals surface area contributed by atoms with Gasteiger partial charge in [-0.1, -0.05) is 29.8 Å². The molecule has 2 N–H and O–H groups in total. The number of aromatic carboxylic acids is 1. The third-order valence-corrected chi connectivity index (χ3v) is 6.32. The molecule has 4 aromatic rings. The van der Waals surface area contributed by atoms with E-state index < -0.39 is 5.97 Å². The van der Waals surface area contributed by atoms with Crippen LogP contribution < -0.4 is 10.2 Å². The van der Waals surface area contributed by atoms with Crippen molar-refractivity contribution in [2.75, 3.05) is 16.8 Å². The zero-order valence-corrected chi connectivity index (χ0v) is 20.2. The summed E-state index contributed by atoms with van der Waals surface area (Å²) >= 11 is 6.07. The Morgan fingerprint density at radius 2 is 1.58 bits per heavy atom. The van der Waals surface area contributed by atoms with Gasteiger partial charge in [0, 0.05) is 34.2 Å². The van der Waals surface area contributed by atoms with Crippen molar-refractivity contribution in [3.63, 3.8) is 0 Å². The normalized spacial score (nSPS) is 12.7. The summed E-state index contributed by atoms with van der Waals surface area (Å²) in [6, 6.07) is 25.1. The number of carbonyl (C=O) groups is 2. The molecule has 1 aliphatic carbocycles. The zero-order chi connectivity index (χ0) is 25.1. The minimum Gasteiger partial charge on any atom is -0.478 e. The Bertz CT molecular complexity index is 1390. The first-order valence-corrected chi connectivity index (χ1v) is 12.1. The smallest absolute Gasteiger partial charge is 0.335 e.